The molecule has 0 aromatic heterocycles. The summed E-state index contributed by atoms with van der Waals surface area (Å²) >= 11 is 3.45. The molecule has 2 rings (SSSR count). The minimum atomic E-state index is -0.446. The van der Waals surface area contributed by atoms with Gasteiger partial charge >= 0.3 is 0 Å². The minimum absolute atomic E-state index is 0.446. The lowest BCUT2D eigenvalue weighted by Crippen LogP contribution is -2.07. The van der Waals surface area contributed by atoms with Gasteiger partial charge in [0, 0.05) is 18.7 Å². The van der Waals surface area contributed by atoms with E-state index in [1.54, 1.807) is 14.2 Å². The molecule has 20 heavy (non-hydrogen) atoms. The molecule has 0 bridgehead atoms. The highest BCUT2D eigenvalue weighted by Gasteiger charge is 2.15. The van der Waals surface area contributed by atoms with E-state index in [9.17, 15) is 0 Å². The maximum Gasteiger partial charge on any atom is 0.186 e. The molecule has 106 valence electrons. The molecule has 0 atom stereocenters. The maximum absolute atomic E-state index is 5.88. The number of rotatable bonds is 6. The predicted molar refractivity (Wildman–Crippen MR) is 81.7 cm³/mol. The molecule has 0 saturated heterocycles. The molecular formula is C16H17BrO3. The van der Waals surface area contributed by atoms with Crippen LogP contribution in [0, 0.1) is 0 Å². The summed E-state index contributed by atoms with van der Waals surface area (Å²) in [5.74, 6) is 0.755. The van der Waals surface area contributed by atoms with Crippen LogP contribution < -0.4 is 4.74 Å². The third-order valence-corrected chi connectivity index (χ3v) is 3.38. The van der Waals surface area contributed by atoms with Gasteiger partial charge in [-0.1, -0.05) is 46.3 Å². The highest BCUT2D eigenvalue weighted by atomic mass is 79.9. The van der Waals surface area contributed by atoms with Gasteiger partial charge in [0.1, 0.15) is 12.4 Å². The summed E-state index contributed by atoms with van der Waals surface area (Å²) in [6.07, 6.45) is -0.446. The van der Waals surface area contributed by atoms with Crippen molar-refractivity contribution in [2.45, 2.75) is 12.9 Å². The van der Waals surface area contributed by atoms with Crippen molar-refractivity contribution in [2.24, 2.45) is 0 Å². The van der Waals surface area contributed by atoms with Crippen LogP contribution in [-0.4, -0.2) is 14.2 Å². The van der Waals surface area contributed by atoms with Gasteiger partial charge in [0.2, 0.25) is 0 Å². The molecule has 0 aliphatic heterocycles. The first-order valence-electron chi connectivity index (χ1n) is 6.26. The van der Waals surface area contributed by atoms with E-state index in [1.165, 1.54) is 0 Å². The average molecular weight is 337 g/mol. The monoisotopic (exact) mass is 336 g/mol. The quantitative estimate of drug-likeness (QED) is 0.735. The lowest BCUT2D eigenvalue weighted by atomic mass is 10.2. The third-order valence-electron chi connectivity index (χ3n) is 2.89. The standard InChI is InChI=1S/C16H17BrO3/c1-18-16(19-2)14-10-13(17)8-9-15(14)20-11-12-6-4-3-5-7-12/h3-10,16H,11H2,1-2H3. The fourth-order valence-corrected chi connectivity index (χ4v) is 2.30. The smallest absolute Gasteiger partial charge is 0.186 e. The minimum Gasteiger partial charge on any atom is -0.488 e. The number of methoxy groups -OCH3 is 2. The molecule has 0 N–H and O–H groups in total. The number of benzene rings is 2. The van der Waals surface area contributed by atoms with Gasteiger partial charge in [-0.2, -0.15) is 0 Å². The van der Waals surface area contributed by atoms with Crippen LogP contribution in [0.15, 0.2) is 53.0 Å². The highest BCUT2D eigenvalue weighted by molar-refractivity contribution is 9.10. The topological polar surface area (TPSA) is 27.7 Å². The van der Waals surface area contributed by atoms with Crippen molar-refractivity contribution in [3.05, 3.63) is 64.1 Å². The van der Waals surface area contributed by atoms with Crippen LogP contribution in [0.1, 0.15) is 17.4 Å². The molecule has 3 nitrogen and oxygen atoms in total. The van der Waals surface area contributed by atoms with E-state index in [0.29, 0.717) is 6.61 Å². The number of halogens is 1. The van der Waals surface area contributed by atoms with Gasteiger partial charge < -0.3 is 14.2 Å². The Labute approximate surface area is 127 Å². The molecule has 0 heterocycles. The second-order valence-electron chi connectivity index (χ2n) is 4.26. The summed E-state index contributed by atoms with van der Waals surface area (Å²) in [4.78, 5) is 0. The Hall–Kier alpha value is -1.36. The van der Waals surface area contributed by atoms with Crippen molar-refractivity contribution in [3.8, 4) is 5.75 Å². The zero-order chi connectivity index (χ0) is 14.4. The van der Waals surface area contributed by atoms with Crippen LogP contribution in [0.3, 0.4) is 0 Å². The first-order valence-corrected chi connectivity index (χ1v) is 7.05. The van der Waals surface area contributed by atoms with E-state index in [2.05, 4.69) is 15.9 Å². The average Bonchev–Trinajstić information content (AvgIpc) is 2.49. The zero-order valence-corrected chi connectivity index (χ0v) is 13.1. The van der Waals surface area contributed by atoms with E-state index < -0.39 is 6.29 Å². The molecule has 4 heteroatoms. The van der Waals surface area contributed by atoms with Gasteiger partial charge in [-0.05, 0) is 23.8 Å². The van der Waals surface area contributed by atoms with Crippen LogP contribution in [0.5, 0.6) is 5.75 Å². The van der Waals surface area contributed by atoms with E-state index >= 15 is 0 Å². The first kappa shape index (κ1) is 15.0. The molecule has 0 aliphatic carbocycles. The van der Waals surface area contributed by atoms with E-state index in [0.717, 1.165) is 21.3 Å². The molecule has 0 aliphatic rings. The van der Waals surface area contributed by atoms with Crippen molar-refractivity contribution < 1.29 is 14.2 Å². The maximum atomic E-state index is 5.88. The fourth-order valence-electron chi connectivity index (χ4n) is 1.92. The molecular weight excluding hydrogens is 320 g/mol. The SMILES string of the molecule is COC(OC)c1cc(Br)ccc1OCc1ccccc1. The molecule has 0 saturated carbocycles. The summed E-state index contributed by atoms with van der Waals surface area (Å²) in [5.41, 5.74) is 1.98. The Morgan fingerprint density at radius 1 is 1.00 bits per heavy atom. The fraction of sp³-hybridized carbons (Fsp3) is 0.250. The lowest BCUT2D eigenvalue weighted by molar-refractivity contribution is -0.107. The van der Waals surface area contributed by atoms with Crippen LogP contribution in [-0.2, 0) is 16.1 Å². The molecule has 0 unspecified atom stereocenters. The third kappa shape index (κ3) is 3.82. The van der Waals surface area contributed by atoms with Gasteiger partial charge in [0.15, 0.2) is 6.29 Å². The van der Waals surface area contributed by atoms with Gasteiger partial charge in [-0.15, -0.1) is 0 Å². The van der Waals surface area contributed by atoms with E-state index in [1.807, 2.05) is 48.5 Å². The molecule has 2 aromatic carbocycles. The van der Waals surface area contributed by atoms with Crippen molar-refractivity contribution in [1.82, 2.24) is 0 Å². The summed E-state index contributed by atoms with van der Waals surface area (Å²) in [6, 6.07) is 15.8. The molecule has 0 spiro atoms. The predicted octanol–water partition coefficient (Wildman–Crippen LogP) is 4.32. The van der Waals surface area contributed by atoms with Gasteiger partial charge in [0.05, 0.1) is 5.56 Å². The summed E-state index contributed by atoms with van der Waals surface area (Å²) in [7, 11) is 3.21. The Morgan fingerprint density at radius 2 is 1.70 bits per heavy atom. The summed E-state index contributed by atoms with van der Waals surface area (Å²) < 4.78 is 17.5. The van der Waals surface area contributed by atoms with Crippen molar-refractivity contribution in [3.63, 3.8) is 0 Å². The number of ether oxygens (including phenoxy) is 3. The lowest BCUT2D eigenvalue weighted by Gasteiger charge is -2.18. The van der Waals surface area contributed by atoms with Crippen LogP contribution >= 0.6 is 15.9 Å². The molecule has 0 radical (unpaired) electrons. The molecule has 2 aromatic rings. The van der Waals surface area contributed by atoms with Crippen LogP contribution in [0.2, 0.25) is 0 Å². The highest BCUT2D eigenvalue weighted by Crippen LogP contribution is 2.31. The van der Waals surface area contributed by atoms with Gasteiger partial charge in [0.25, 0.3) is 0 Å². The van der Waals surface area contributed by atoms with E-state index in [4.69, 9.17) is 14.2 Å². The zero-order valence-electron chi connectivity index (χ0n) is 11.5. The summed E-state index contributed by atoms with van der Waals surface area (Å²) in [5, 5.41) is 0. The van der Waals surface area contributed by atoms with Crippen molar-refractivity contribution in [1.29, 1.82) is 0 Å². The van der Waals surface area contributed by atoms with Crippen LogP contribution in [0.4, 0.5) is 0 Å². The normalized spacial score (nSPS) is 10.8. The van der Waals surface area contributed by atoms with Gasteiger partial charge in [-0.3, -0.25) is 0 Å². The molecule has 0 fully saturated rings. The first-order chi connectivity index (χ1) is 9.74. The second kappa shape index (κ2) is 7.43. The molecule has 0 amide bonds. The second-order valence-corrected chi connectivity index (χ2v) is 5.18. The number of hydrogen-bond acceptors (Lipinski definition) is 3. The Morgan fingerprint density at radius 3 is 2.35 bits per heavy atom. The Balaban J connectivity index is 2.18. The van der Waals surface area contributed by atoms with Gasteiger partial charge in [-0.25, -0.2) is 0 Å². The van der Waals surface area contributed by atoms with E-state index in [-0.39, 0.29) is 0 Å². The number of hydrogen-bond donors (Lipinski definition) is 0. The van der Waals surface area contributed by atoms with Crippen molar-refractivity contribution in [2.75, 3.05) is 14.2 Å². The Kier molecular flexibility index (Phi) is 5.59. The van der Waals surface area contributed by atoms with Crippen molar-refractivity contribution >= 4 is 15.9 Å². The van der Waals surface area contributed by atoms with Crippen LogP contribution in [0.25, 0.3) is 0 Å². The largest absolute Gasteiger partial charge is 0.488 e. The Bertz CT molecular complexity index is 539. The summed E-state index contributed by atoms with van der Waals surface area (Å²) in [6.45, 7) is 0.510.